The number of aromatic nitrogens is 1. The number of nitrogens with one attached hydrogen (secondary N) is 1. The molecule has 1 aromatic heterocycles. The molecule has 1 saturated heterocycles. The van der Waals surface area contributed by atoms with Gasteiger partial charge in [0, 0.05) is 48.8 Å². The maximum Gasteiger partial charge on any atom is 0.181 e. The van der Waals surface area contributed by atoms with Crippen LogP contribution in [0.15, 0.2) is 30.5 Å². The number of piperazine rings is 1. The lowest BCUT2D eigenvalue weighted by Gasteiger charge is -2.35. The molecule has 0 spiro atoms. The van der Waals surface area contributed by atoms with Gasteiger partial charge in [-0.3, -0.25) is 9.69 Å². The molecule has 4 heteroatoms. The van der Waals surface area contributed by atoms with E-state index in [0.29, 0.717) is 0 Å². The Hall–Kier alpha value is -1.65. The molecule has 1 N–H and O–H groups in total. The summed E-state index contributed by atoms with van der Waals surface area (Å²) in [5.41, 5.74) is 1.84. The molecule has 2 aromatic rings. The molecule has 106 valence electrons. The predicted octanol–water partition coefficient (Wildman–Crippen LogP) is 1.99. The molecule has 0 amide bonds. The normalized spacial score (nSPS) is 19.3. The number of benzene rings is 1. The van der Waals surface area contributed by atoms with Crippen LogP contribution in [0.3, 0.4) is 0 Å². The summed E-state index contributed by atoms with van der Waals surface area (Å²) in [4.78, 5) is 20.5. The third-order valence-corrected chi connectivity index (χ3v) is 4.32. The molecule has 20 heavy (non-hydrogen) atoms. The van der Waals surface area contributed by atoms with E-state index in [1.165, 1.54) is 0 Å². The van der Waals surface area contributed by atoms with Gasteiger partial charge in [0.15, 0.2) is 5.78 Å². The van der Waals surface area contributed by atoms with Crippen LogP contribution >= 0.6 is 0 Å². The second-order valence-electron chi connectivity index (χ2n) is 5.63. The summed E-state index contributed by atoms with van der Waals surface area (Å²) in [5, 5.41) is 1.03. The highest BCUT2D eigenvalue weighted by molar-refractivity contribution is 6.10. The van der Waals surface area contributed by atoms with E-state index in [4.69, 9.17) is 0 Å². The average molecular weight is 271 g/mol. The van der Waals surface area contributed by atoms with Gasteiger partial charge in [-0.05, 0) is 20.0 Å². The second kappa shape index (κ2) is 5.38. The fourth-order valence-corrected chi connectivity index (χ4v) is 2.88. The van der Waals surface area contributed by atoms with Gasteiger partial charge < -0.3 is 9.88 Å². The fraction of sp³-hybridized carbons (Fsp3) is 0.438. The maximum absolute atomic E-state index is 12.7. The number of Topliss-reactive ketones (excluding diaryl/α,β-unsaturated/α-hetero) is 1. The second-order valence-corrected chi connectivity index (χ2v) is 5.63. The minimum Gasteiger partial charge on any atom is -0.360 e. The molecule has 4 nitrogen and oxygen atoms in total. The van der Waals surface area contributed by atoms with Crippen molar-refractivity contribution in [3.05, 3.63) is 36.0 Å². The number of carbonyl (C=O) groups excluding carboxylic acids is 1. The summed E-state index contributed by atoms with van der Waals surface area (Å²) in [6.45, 7) is 6.02. The van der Waals surface area contributed by atoms with Crippen molar-refractivity contribution >= 4 is 16.7 Å². The molecule has 0 bridgehead atoms. The summed E-state index contributed by atoms with van der Waals surface area (Å²) in [7, 11) is 2.13. The third-order valence-electron chi connectivity index (χ3n) is 4.32. The number of hydrogen-bond acceptors (Lipinski definition) is 3. The quantitative estimate of drug-likeness (QED) is 0.868. The Bertz CT molecular complexity index is 611. The number of aromatic amines is 1. The van der Waals surface area contributed by atoms with Crippen molar-refractivity contribution in [3.8, 4) is 0 Å². The largest absolute Gasteiger partial charge is 0.360 e. The number of carbonyl (C=O) groups is 1. The molecule has 0 radical (unpaired) electrons. The fourth-order valence-electron chi connectivity index (χ4n) is 2.88. The van der Waals surface area contributed by atoms with E-state index >= 15 is 0 Å². The molecule has 2 heterocycles. The van der Waals surface area contributed by atoms with Gasteiger partial charge >= 0.3 is 0 Å². The predicted molar refractivity (Wildman–Crippen MR) is 81.2 cm³/mol. The van der Waals surface area contributed by atoms with E-state index in [1.807, 2.05) is 37.4 Å². The van der Waals surface area contributed by atoms with Gasteiger partial charge in [0.2, 0.25) is 0 Å². The van der Waals surface area contributed by atoms with Gasteiger partial charge in [-0.1, -0.05) is 18.2 Å². The van der Waals surface area contributed by atoms with E-state index in [0.717, 1.165) is 42.6 Å². The zero-order chi connectivity index (χ0) is 14.1. The summed E-state index contributed by atoms with van der Waals surface area (Å²) in [6.07, 6.45) is 1.85. The van der Waals surface area contributed by atoms with Crippen molar-refractivity contribution in [2.75, 3.05) is 33.2 Å². The van der Waals surface area contributed by atoms with E-state index in [-0.39, 0.29) is 11.8 Å². The number of ketones is 1. The number of hydrogen-bond donors (Lipinski definition) is 1. The molecule has 0 unspecified atom stereocenters. The van der Waals surface area contributed by atoms with Crippen LogP contribution in [0.25, 0.3) is 10.9 Å². The highest BCUT2D eigenvalue weighted by Crippen LogP contribution is 2.21. The van der Waals surface area contributed by atoms with Crippen LogP contribution in [0.4, 0.5) is 0 Å². The van der Waals surface area contributed by atoms with Gasteiger partial charge in [-0.25, -0.2) is 0 Å². The average Bonchev–Trinajstić information content (AvgIpc) is 2.90. The molecule has 0 aliphatic carbocycles. The Kier molecular flexibility index (Phi) is 3.59. The molecule has 1 fully saturated rings. The van der Waals surface area contributed by atoms with Crippen LogP contribution in [-0.4, -0.2) is 59.8 Å². The van der Waals surface area contributed by atoms with Gasteiger partial charge in [0.25, 0.3) is 0 Å². The molecule has 0 saturated carbocycles. The molecular weight excluding hydrogens is 250 g/mol. The van der Waals surface area contributed by atoms with E-state index in [2.05, 4.69) is 21.8 Å². The van der Waals surface area contributed by atoms with E-state index in [9.17, 15) is 4.79 Å². The first kappa shape index (κ1) is 13.3. The topological polar surface area (TPSA) is 39.3 Å². The van der Waals surface area contributed by atoms with Crippen molar-refractivity contribution in [2.24, 2.45) is 0 Å². The van der Waals surface area contributed by atoms with E-state index in [1.54, 1.807) is 0 Å². The van der Waals surface area contributed by atoms with Crippen molar-refractivity contribution in [3.63, 3.8) is 0 Å². The van der Waals surface area contributed by atoms with Crippen molar-refractivity contribution < 1.29 is 4.79 Å². The lowest BCUT2D eigenvalue weighted by atomic mass is 10.0. The Morgan fingerprint density at radius 2 is 1.90 bits per heavy atom. The van der Waals surface area contributed by atoms with Crippen LogP contribution in [0.5, 0.6) is 0 Å². The highest BCUT2D eigenvalue weighted by Gasteiger charge is 2.26. The smallest absolute Gasteiger partial charge is 0.181 e. The summed E-state index contributed by atoms with van der Waals surface area (Å²) in [5.74, 6) is 0.215. The summed E-state index contributed by atoms with van der Waals surface area (Å²) in [6, 6.07) is 7.93. The Morgan fingerprint density at radius 1 is 1.20 bits per heavy atom. The van der Waals surface area contributed by atoms with Crippen LogP contribution in [-0.2, 0) is 0 Å². The molecule has 1 atom stereocenters. The molecule has 1 aromatic carbocycles. The molecular formula is C16H21N3O. The SMILES string of the molecule is C[C@@H](C(=O)c1c[nH]c2ccccc12)N1CCN(C)CC1. The lowest BCUT2D eigenvalue weighted by Crippen LogP contribution is -2.50. The van der Waals surface area contributed by atoms with Crippen LogP contribution in [0.2, 0.25) is 0 Å². The van der Waals surface area contributed by atoms with Gasteiger partial charge in [-0.2, -0.15) is 0 Å². The zero-order valence-corrected chi connectivity index (χ0v) is 12.1. The van der Waals surface area contributed by atoms with Gasteiger partial charge in [0.05, 0.1) is 6.04 Å². The van der Waals surface area contributed by atoms with E-state index < -0.39 is 0 Å². The lowest BCUT2D eigenvalue weighted by molar-refractivity contribution is 0.0739. The number of H-pyrrole nitrogens is 1. The number of nitrogens with zero attached hydrogens (tertiary/aromatic N) is 2. The van der Waals surface area contributed by atoms with Crippen LogP contribution in [0, 0.1) is 0 Å². The number of likely N-dealkylation sites (N-methyl/N-ethyl adjacent to an activating group) is 1. The van der Waals surface area contributed by atoms with Gasteiger partial charge in [0.1, 0.15) is 0 Å². The number of rotatable bonds is 3. The molecule has 3 rings (SSSR count). The first-order valence-corrected chi connectivity index (χ1v) is 7.20. The summed E-state index contributed by atoms with van der Waals surface area (Å²) < 4.78 is 0. The number of para-hydroxylation sites is 1. The number of fused-ring (bicyclic) bond motifs is 1. The van der Waals surface area contributed by atoms with Crippen molar-refractivity contribution in [1.82, 2.24) is 14.8 Å². The van der Waals surface area contributed by atoms with Crippen molar-refractivity contribution in [1.29, 1.82) is 0 Å². The van der Waals surface area contributed by atoms with Crippen molar-refractivity contribution in [2.45, 2.75) is 13.0 Å². The monoisotopic (exact) mass is 271 g/mol. The third kappa shape index (κ3) is 2.37. The first-order chi connectivity index (χ1) is 9.66. The van der Waals surface area contributed by atoms with Gasteiger partial charge in [-0.15, -0.1) is 0 Å². The first-order valence-electron chi connectivity index (χ1n) is 7.20. The Labute approximate surface area is 119 Å². The summed E-state index contributed by atoms with van der Waals surface area (Å²) >= 11 is 0. The minimum atomic E-state index is -0.0529. The minimum absolute atomic E-state index is 0.0529. The molecule has 1 aliphatic rings. The highest BCUT2D eigenvalue weighted by atomic mass is 16.1. The zero-order valence-electron chi connectivity index (χ0n) is 12.1. The van der Waals surface area contributed by atoms with Crippen LogP contribution in [0.1, 0.15) is 17.3 Å². The maximum atomic E-state index is 12.7. The molecule has 1 aliphatic heterocycles. The van der Waals surface area contributed by atoms with Crippen LogP contribution < -0.4 is 0 Å². The Balaban J connectivity index is 1.81. The Morgan fingerprint density at radius 3 is 2.65 bits per heavy atom. The standard InChI is InChI=1S/C16H21N3O/c1-12(19-9-7-18(2)8-10-19)16(20)14-11-17-15-6-4-3-5-13(14)15/h3-6,11-12,17H,7-10H2,1-2H3/t12-/m0/s1.